The second kappa shape index (κ2) is 3.79. The van der Waals surface area contributed by atoms with E-state index in [1.54, 1.807) is 24.5 Å². The maximum absolute atomic E-state index is 11.6. The highest BCUT2D eigenvalue weighted by atomic mass is 16.2. The standard InChI is InChI=1S/C9H9N5O/c10-7-5-12-14-8(7)9(15)13-6-2-1-3-11-4-6/h1-5H,10H2,(H,12,14)(H,13,15). The van der Waals surface area contributed by atoms with Crippen molar-refractivity contribution < 1.29 is 4.79 Å². The lowest BCUT2D eigenvalue weighted by Gasteiger charge is -2.02. The number of H-pyrrole nitrogens is 1. The Morgan fingerprint density at radius 3 is 2.93 bits per heavy atom. The topological polar surface area (TPSA) is 96.7 Å². The smallest absolute Gasteiger partial charge is 0.275 e. The predicted octanol–water partition coefficient (Wildman–Crippen LogP) is 0.639. The second-order valence-corrected chi connectivity index (χ2v) is 2.90. The Morgan fingerprint density at radius 1 is 1.47 bits per heavy atom. The molecule has 0 atom stereocenters. The zero-order valence-electron chi connectivity index (χ0n) is 7.77. The van der Waals surface area contributed by atoms with Crippen molar-refractivity contribution in [2.45, 2.75) is 0 Å². The zero-order chi connectivity index (χ0) is 10.7. The Labute approximate surface area is 85.5 Å². The maximum atomic E-state index is 11.6. The summed E-state index contributed by atoms with van der Waals surface area (Å²) in [5.41, 5.74) is 6.70. The molecule has 0 aromatic carbocycles. The number of rotatable bonds is 2. The highest BCUT2D eigenvalue weighted by molar-refractivity contribution is 6.05. The largest absolute Gasteiger partial charge is 0.396 e. The normalized spacial score (nSPS) is 9.87. The van der Waals surface area contributed by atoms with E-state index >= 15 is 0 Å². The van der Waals surface area contributed by atoms with E-state index in [1.165, 1.54) is 6.20 Å². The molecule has 0 saturated heterocycles. The average Bonchev–Trinajstić information content (AvgIpc) is 2.66. The molecule has 4 N–H and O–H groups in total. The minimum Gasteiger partial charge on any atom is -0.396 e. The summed E-state index contributed by atoms with van der Waals surface area (Å²) in [5, 5.41) is 8.81. The quantitative estimate of drug-likeness (QED) is 0.667. The van der Waals surface area contributed by atoms with Crippen molar-refractivity contribution in [3.63, 3.8) is 0 Å². The van der Waals surface area contributed by atoms with Crippen LogP contribution in [0.2, 0.25) is 0 Å². The number of carbonyl (C=O) groups excluding carboxylic acids is 1. The summed E-state index contributed by atoms with van der Waals surface area (Å²) in [7, 11) is 0. The van der Waals surface area contributed by atoms with Crippen molar-refractivity contribution in [3.8, 4) is 0 Å². The third-order valence-corrected chi connectivity index (χ3v) is 1.82. The summed E-state index contributed by atoms with van der Waals surface area (Å²) in [4.78, 5) is 15.5. The SMILES string of the molecule is Nc1cn[nH]c1C(=O)Nc1cccnc1. The molecule has 0 fully saturated rings. The van der Waals surface area contributed by atoms with Gasteiger partial charge in [0.15, 0.2) is 0 Å². The van der Waals surface area contributed by atoms with Gasteiger partial charge in [0, 0.05) is 6.20 Å². The number of nitrogen functional groups attached to an aromatic ring is 1. The van der Waals surface area contributed by atoms with E-state index in [0.717, 1.165) is 0 Å². The lowest BCUT2D eigenvalue weighted by atomic mass is 10.3. The van der Waals surface area contributed by atoms with Gasteiger partial charge in [-0.1, -0.05) is 0 Å². The van der Waals surface area contributed by atoms with Crippen molar-refractivity contribution >= 4 is 17.3 Å². The first kappa shape index (κ1) is 9.20. The van der Waals surface area contributed by atoms with Crippen molar-refractivity contribution in [2.24, 2.45) is 0 Å². The van der Waals surface area contributed by atoms with Crippen LogP contribution in [-0.2, 0) is 0 Å². The number of nitrogens with zero attached hydrogens (tertiary/aromatic N) is 2. The molecule has 0 spiro atoms. The van der Waals surface area contributed by atoms with Crippen LogP contribution in [0.5, 0.6) is 0 Å². The molecule has 0 aliphatic carbocycles. The molecular weight excluding hydrogens is 194 g/mol. The minimum atomic E-state index is -0.335. The molecule has 2 heterocycles. The number of pyridine rings is 1. The summed E-state index contributed by atoms with van der Waals surface area (Å²) < 4.78 is 0. The Hall–Kier alpha value is -2.37. The maximum Gasteiger partial charge on any atom is 0.275 e. The molecule has 76 valence electrons. The van der Waals surface area contributed by atoms with Gasteiger partial charge >= 0.3 is 0 Å². The summed E-state index contributed by atoms with van der Waals surface area (Å²) in [6.07, 6.45) is 4.56. The van der Waals surface area contributed by atoms with Gasteiger partial charge in [-0.15, -0.1) is 0 Å². The summed E-state index contributed by atoms with van der Waals surface area (Å²) in [6.45, 7) is 0. The molecule has 15 heavy (non-hydrogen) atoms. The van der Waals surface area contributed by atoms with Crippen molar-refractivity contribution in [1.82, 2.24) is 15.2 Å². The van der Waals surface area contributed by atoms with Gasteiger partial charge in [-0.05, 0) is 12.1 Å². The number of hydrogen-bond donors (Lipinski definition) is 3. The van der Waals surface area contributed by atoms with Crippen molar-refractivity contribution in [2.75, 3.05) is 11.1 Å². The van der Waals surface area contributed by atoms with Gasteiger partial charge in [0.2, 0.25) is 0 Å². The third-order valence-electron chi connectivity index (χ3n) is 1.82. The number of hydrogen-bond acceptors (Lipinski definition) is 4. The Balaban J connectivity index is 2.15. The molecule has 0 aliphatic rings. The molecule has 6 nitrogen and oxygen atoms in total. The van der Waals surface area contributed by atoms with Gasteiger partial charge in [0.1, 0.15) is 5.69 Å². The number of amides is 1. The van der Waals surface area contributed by atoms with E-state index in [2.05, 4.69) is 20.5 Å². The average molecular weight is 203 g/mol. The number of nitrogens with two attached hydrogens (primary N) is 1. The van der Waals surface area contributed by atoms with Crippen LogP contribution >= 0.6 is 0 Å². The molecule has 0 radical (unpaired) electrons. The zero-order valence-corrected chi connectivity index (χ0v) is 7.77. The summed E-state index contributed by atoms with van der Waals surface area (Å²) >= 11 is 0. The molecule has 2 rings (SSSR count). The number of aromatic amines is 1. The van der Waals surface area contributed by atoms with Crippen molar-refractivity contribution in [1.29, 1.82) is 0 Å². The van der Waals surface area contributed by atoms with Gasteiger partial charge in [-0.3, -0.25) is 14.9 Å². The Bertz CT molecular complexity index is 464. The second-order valence-electron chi connectivity index (χ2n) is 2.90. The molecule has 6 heteroatoms. The number of nitrogens with one attached hydrogen (secondary N) is 2. The van der Waals surface area contributed by atoms with Crippen LogP contribution in [0.4, 0.5) is 11.4 Å². The van der Waals surface area contributed by atoms with Crippen LogP contribution in [0, 0.1) is 0 Å². The molecule has 1 amide bonds. The van der Waals surface area contributed by atoms with Gasteiger partial charge < -0.3 is 11.1 Å². The Kier molecular flexibility index (Phi) is 2.32. The number of carbonyl (C=O) groups is 1. The number of aromatic nitrogens is 3. The van der Waals surface area contributed by atoms with Crippen LogP contribution in [0.15, 0.2) is 30.7 Å². The Morgan fingerprint density at radius 2 is 2.33 bits per heavy atom. The molecule has 2 aromatic rings. The van der Waals surface area contributed by atoms with Crippen LogP contribution in [-0.4, -0.2) is 21.1 Å². The minimum absolute atomic E-state index is 0.249. The third kappa shape index (κ3) is 1.93. The summed E-state index contributed by atoms with van der Waals surface area (Å²) in [6, 6.07) is 3.46. The van der Waals surface area contributed by atoms with E-state index in [9.17, 15) is 4.79 Å². The molecular formula is C9H9N5O. The lowest BCUT2D eigenvalue weighted by molar-refractivity contribution is 0.102. The van der Waals surface area contributed by atoms with Crippen molar-refractivity contribution in [3.05, 3.63) is 36.4 Å². The highest BCUT2D eigenvalue weighted by Crippen LogP contribution is 2.09. The fourth-order valence-corrected chi connectivity index (χ4v) is 1.11. The summed E-state index contributed by atoms with van der Waals surface area (Å²) in [5.74, 6) is -0.335. The molecule has 2 aromatic heterocycles. The van der Waals surface area contributed by atoms with Gasteiger partial charge in [0.25, 0.3) is 5.91 Å². The predicted molar refractivity (Wildman–Crippen MR) is 55.2 cm³/mol. The molecule has 0 saturated carbocycles. The van der Waals surface area contributed by atoms with Gasteiger partial charge in [-0.25, -0.2) is 0 Å². The molecule has 0 unspecified atom stereocenters. The van der Waals surface area contributed by atoms with E-state index < -0.39 is 0 Å². The van der Waals surface area contributed by atoms with E-state index in [4.69, 9.17) is 5.73 Å². The van der Waals surface area contributed by atoms with Crippen LogP contribution in [0.1, 0.15) is 10.5 Å². The fourth-order valence-electron chi connectivity index (χ4n) is 1.11. The molecule has 0 aliphatic heterocycles. The van der Waals surface area contributed by atoms with E-state index in [-0.39, 0.29) is 11.6 Å². The molecule has 0 bridgehead atoms. The first-order valence-corrected chi connectivity index (χ1v) is 4.27. The van der Waals surface area contributed by atoms with E-state index in [0.29, 0.717) is 11.4 Å². The lowest BCUT2D eigenvalue weighted by Crippen LogP contribution is -2.14. The van der Waals surface area contributed by atoms with Crippen LogP contribution < -0.4 is 11.1 Å². The van der Waals surface area contributed by atoms with Crippen LogP contribution in [0.3, 0.4) is 0 Å². The van der Waals surface area contributed by atoms with Gasteiger partial charge in [-0.2, -0.15) is 5.10 Å². The first-order valence-electron chi connectivity index (χ1n) is 4.27. The fraction of sp³-hybridized carbons (Fsp3) is 0. The van der Waals surface area contributed by atoms with Gasteiger partial charge in [0.05, 0.1) is 23.8 Å². The number of anilines is 2. The highest BCUT2D eigenvalue weighted by Gasteiger charge is 2.11. The first-order chi connectivity index (χ1) is 7.27. The van der Waals surface area contributed by atoms with E-state index in [1.807, 2.05) is 0 Å². The monoisotopic (exact) mass is 203 g/mol. The van der Waals surface area contributed by atoms with Crippen LogP contribution in [0.25, 0.3) is 0 Å².